The van der Waals surface area contributed by atoms with Crippen molar-refractivity contribution < 1.29 is 19.1 Å². The predicted octanol–water partition coefficient (Wildman–Crippen LogP) is 3.12. The number of amides is 2. The molecule has 0 saturated carbocycles. The molecule has 7 nitrogen and oxygen atoms in total. The number of nitrogens with two attached hydrogens (primary N) is 1. The van der Waals surface area contributed by atoms with Crippen LogP contribution >= 0.6 is 0 Å². The Hall–Kier alpha value is -1.50. The van der Waals surface area contributed by atoms with Gasteiger partial charge in [0.1, 0.15) is 11.2 Å². The van der Waals surface area contributed by atoms with Crippen LogP contribution in [0.5, 0.6) is 0 Å². The highest BCUT2D eigenvalue weighted by molar-refractivity contribution is 5.69. The molecule has 2 atom stereocenters. The monoisotopic (exact) mass is 359 g/mol. The number of carbonyl (C=O) groups excluding carboxylic acids is 2. The van der Waals surface area contributed by atoms with Gasteiger partial charge in [-0.2, -0.15) is 0 Å². The van der Waals surface area contributed by atoms with E-state index in [1.54, 1.807) is 25.7 Å². The Bertz CT molecular complexity index is 439. The lowest BCUT2D eigenvalue weighted by atomic mass is 10.0. The molecule has 1 unspecified atom stereocenters. The van der Waals surface area contributed by atoms with E-state index in [2.05, 4.69) is 5.32 Å². The molecule has 2 amide bonds. The molecule has 0 bridgehead atoms. The summed E-state index contributed by atoms with van der Waals surface area (Å²) >= 11 is 0. The van der Waals surface area contributed by atoms with Crippen LogP contribution in [0.4, 0.5) is 9.59 Å². The highest BCUT2D eigenvalue weighted by atomic mass is 16.6. The van der Waals surface area contributed by atoms with Gasteiger partial charge in [0.05, 0.1) is 0 Å². The molecule has 0 fully saturated rings. The number of alkyl carbamates (subject to hydrolysis) is 1. The Morgan fingerprint density at radius 1 is 1.00 bits per heavy atom. The third-order valence-electron chi connectivity index (χ3n) is 3.44. The second-order valence-electron chi connectivity index (χ2n) is 8.66. The van der Waals surface area contributed by atoms with Crippen LogP contribution in [0.15, 0.2) is 0 Å². The highest BCUT2D eigenvalue weighted by Gasteiger charge is 2.29. The smallest absolute Gasteiger partial charge is 0.410 e. The Kier molecular flexibility index (Phi) is 8.71. The Morgan fingerprint density at radius 3 is 1.84 bits per heavy atom. The second kappa shape index (κ2) is 9.27. The minimum atomic E-state index is -0.567. The van der Waals surface area contributed by atoms with E-state index in [4.69, 9.17) is 15.2 Å². The van der Waals surface area contributed by atoms with E-state index < -0.39 is 17.3 Å². The molecule has 0 aromatic carbocycles. The third kappa shape index (κ3) is 10.2. The zero-order valence-electron chi connectivity index (χ0n) is 17.3. The molecule has 7 heteroatoms. The van der Waals surface area contributed by atoms with Gasteiger partial charge in [-0.3, -0.25) is 0 Å². The van der Waals surface area contributed by atoms with Gasteiger partial charge in [-0.1, -0.05) is 0 Å². The van der Waals surface area contributed by atoms with Crippen molar-refractivity contribution in [3.05, 3.63) is 0 Å². The van der Waals surface area contributed by atoms with Crippen LogP contribution in [0, 0.1) is 5.92 Å². The number of nitrogens with one attached hydrogen (secondary N) is 1. The van der Waals surface area contributed by atoms with Crippen molar-refractivity contribution in [3.8, 4) is 0 Å². The Labute approximate surface area is 152 Å². The van der Waals surface area contributed by atoms with Crippen molar-refractivity contribution in [1.82, 2.24) is 10.2 Å². The lowest BCUT2D eigenvalue weighted by Gasteiger charge is -2.34. The van der Waals surface area contributed by atoms with E-state index in [9.17, 15) is 9.59 Å². The zero-order chi connectivity index (χ0) is 20.0. The van der Waals surface area contributed by atoms with Gasteiger partial charge in [0, 0.05) is 24.5 Å². The van der Waals surface area contributed by atoms with Gasteiger partial charge in [0.15, 0.2) is 0 Å². The molecule has 0 spiro atoms. The van der Waals surface area contributed by atoms with Crippen molar-refractivity contribution in [2.75, 3.05) is 13.1 Å². The lowest BCUT2D eigenvalue weighted by Crippen LogP contribution is -2.50. The van der Waals surface area contributed by atoms with E-state index in [-0.39, 0.29) is 24.1 Å². The maximum Gasteiger partial charge on any atom is 0.410 e. The first-order valence-corrected chi connectivity index (χ1v) is 8.85. The first kappa shape index (κ1) is 23.5. The van der Waals surface area contributed by atoms with Gasteiger partial charge in [0.2, 0.25) is 0 Å². The Balaban J connectivity index is 4.94. The summed E-state index contributed by atoms with van der Waals surface area (Å²) in [6, 6.07) is -0.291. The molecule has 0 aliphatic rings. The molecule has 148 valence electrons. The van der Waals surface area contributed by atoms with Gasteiger partial charge in [-0.05, 0) is 68.9 Å². The fourth-order valence-corrected chi connectivity index (χ4v) is 2.12. The average Bonchev–Trinajstić information content (AvgIpc) is 2.33. The standard InChI is InChI=1S/C18H37N3O4/c1-12(2)21(16(23)25-18(7,8)9)11-14(10-19)13(3)20-15(22)24-17(4,5)6/h12-14H,10-11,19H2,1-9H3,(H,20,22)/t13-,14?/m1/s1. The first-order valence-electron chi connectivity index (χ1n) is 8.85. The summed E-state index contributed by atoms with van der Waals surface area (Å²) in [6.45, 7) is 17.3. The summed E-state index contributed by atoms with van der Waals surface area (Å²) in [6.07, 6.45) is -0.878. The minimum Gasteiger partial charge on any atom is -0.444 e. The quantitative estimate of drug-likeness (QED) is 0.760. The minimum absolute atomic E-state index is 0.0439. The van der Waals surface area contributed by atoms with Gasteiger partial charge < -0.3 is 25.4 Å². The molecule has 0 heterocycles. The van der Waals surface area contributed by atoms with Crippen molar-refractivity contribution in [3.63, 3.8) is 0 Å². The maximum atomic E-state index is 12.4. The Morgan fingerprint density at radius 2 is 1.48 bits per heavy atom. The van der Waals surface area contributed by atoms with E-state index in [1.165, 1.54) is 0 Å². The molecular formula is C18H37N3O4. The summed E-state index contributed by atoms with van der Waals surface area (Å²) < 4.78 is 10.7. The van der Waals surface area contributed by atoms with Crippen LogP contribution in [0.1, 0.15) is 62.3 Å². The van der Waals surface area contributed by atoms with Crippen molar-refractivity contribution >= 4 is 12.2 Å². The molecule has 3 N–H and O–H groups in total. The van der Waals surface area contributed by atoms with Gasteiger partial charge in [-0.15, -0.1) is 0 Å². The van der Waals surface area contributed by atoms with E-state index in [0.717, 1.165) is 0 Å². The summed E-state index contributed by atoms with van der Waals surface area (Å²) in [4.78, 5) is 26.0. The van der Waals surface area contributed by atoms with Crippen molar-refractivity contribution in [2.24, 2.45) is 11.7 Å². The van der Waals surface area contributed by atoms with E-state index in [0.29, 0.717) is 13.1 Å². The number of rotatable bonds is 6. The third-order valence-corrected chi connectivity index (χ3v) is 3.44. The number of ether oxygens (including phenoxy) is 2. The SMILES string of the molecule is CC(C)N(CC(CN)[C@@H](C)NC(=O)OC(C)(C)C)C(=O)OC(C)(C)C. The molecule has 0 aromatic rings. The van der Waals surface area contributed by atoms with Crippen LogP contribution in [0.2, 0.25) is 0 Å². The molecule has 25 heavy (non-hydrogen) atoms. The lowest BCUT2D eigenvalue weighted by molar-refractivity contribution is 0.0145. The maximum absolute atomic E-state index is 12.4. The highest BCUT2D eigenvalue weighted by Crippen LogP contribution is 2.15. The first-order chi connectivity index (χ1) is 11.2. The van der Waals surface area contributed by atoms with Crippen LogP contribution in [0.3, 0.4) is 0 Å². The molecule has 0 radical (unpaired) electrons. The van der Waals surface area contributed by atoms with Gasteiger partial charge >= 0.3 is 12.2 Å². The topological polar surface area (TPSA) is 93.9 Å². The van der Waals surface area contributed by atoms with E-state index >= 15 is 0 Å². The largest absolute Gasteiger partial charge is 0.444 e. The van der Waals surface area contributed by atoms with Gasteiger partial charge in [-0.25, -0.2) is 9.59 Å². The number of hydrogen-bond acceptors (Lipinski definition) is 5. The van der Waals surface area contributed by atoms with E-state index in [1.807, 2.05) is 41.5 Å². The van der Waals surface area contributed by atoms with Crippen LogP contribution in [-0.2, 0) is 9.47 Å². The molecule has 0 aliphatic heterocycles. The normalized spacial score (nSPS) is 14.7. The molecular weight excluding hydrogens is 322 g/mol. The summed E-state index contributed by atoms with van der Waals surface area (Å²) in [5, 5.41) is 2.80. The molecule has 0 aliphatic carbocycles. The number of carbonyl (C=O) groups is 2. The van der Waals surface area contributed by atoms with Crippen LogP contribution in [-0.4, -0.2) is 53.5 Å². The van der Waals surface area contributed by atoms with Crippen LogP contribution < -0.4 is 11.1 Å². The fourth-order valence-electron chi connectivity index (χ4n) is 2.12. The second-order valence-corrected chi connectivity index (χ2v) is 8.66. The summed E-state index contributed by atoms with van der Waals surface area (Å²) in [5.74, 6) is -0.123. The molecule has 0 saturated heterocycles. The number of hydrogen-bond donors (Lipinski definition) is 2. The number of nitrogens with zero attached hydrogens (tertiary/aromatic N) is 1. The van der Waals surface area contributed by atoms with Crippen LogP contribution in [0.25, 0.3) is 0 Å². The van der Waals surface area contributed by atoms with Crippen molar-refractivity contribution in [2.45, 2.75) is 85.6 Å². The van der Waals surface area contributed by atoms with Gasteiger partial charge in [0.25, 0.3) is 0 Å². The average molecular weight is 360 g/mol. The summed E-state index contributed by atoms with van der Waals surface area (Å²) in [7, 11) is 0. The zero-order valence-corrected chi connectivity index (χ0v) is 17.3. The molecule has 0 aromatic heterocycles. The van der Waals surface area contributed by atoms with Crippen molar-refractivity contribution in [1.29, 1.82) is 0 Å². The molecule has 0 rings (SSSR count). The summed E-state index contributed by atoms with van der Waals surface area (Å²) in [5.41, 5.74) is 4.75. The predicted molar refractivity (Wildman–Crippen MR) is 99.5 cm³/mol. The fraction of sp³-hybridized carbons (Fsp3) is 0.889.